The molecule has 2 rings (SSSR count). The van der Waals surface area contributed by atoms with Gasteiger partial charge in [-0.1, -0.05) is 73.9 Å². The maximum absolute atomic E-state index is 12.6. The average molecular weight is 452 g/mol. The number of hydrogen-bond acceptors (Lipinski definition) is 3. The summed E-state index contributed by atoms with van der Waals surface area (Å²) in [6.45, 7) is 4.00. The first-order valence-electron chi connectivity index (χ1n) is 10.8. The summed E-state index contributed by atoms with van der Waals surface area (Å²) in [4.78, 5) is 26.7. The number of carbonyl (C=O) groups is 2. The van der Waals surface area contributed by atoms with Crippen LogP contribution in [0.15, 0.2) is 28.7 Å². The van der Waals surface area contributed by atoms with E-state index in [-0.39, 0.29) is 17.8 Å². The Bertz CT molecular complexity index is 612. The molecule has 1 aromatic rings. The number of hydrogen-bond donors (Lipinski definition) is 0. The fourth-order valence-electron chi connectivity index (χ4n) is 3.65. The van der Waals surface area contributed by atoms with Gasteiger partial charge in [0.15, 0.2) is 0 Å². The van der Waals surface area contributed by atoms with Gasteiger partial charge in [-0.3, -0.25) is 9.59 Å². The molecule has 0 radical (unpaired) electrons. The third-order valence-corrected chi connectivity index (χ3v) is 5.92. The number of nitrogens with zero attached hydrogens (tertiary/aromatic N) is 1. The van der Waals surface area contributed by atoms with Gasteiger partial charge < -0.3 is 9.64 Å². The van der Waals surface area contributed by atoms with E-state index in [0.29, 0.717) is 38.1 Å². The topological polar surface area (TPSA) is 46.6 Å². The lowest BCUT2D eigenvalue weighted by Crippen LogP contribution is -2.40. The normalized spacial score (nSPS) is 14.9. The Balaban J connectivity index is 1.58. The molecule has 0 unspecified atom stereocenters. The number of halogens is 1. The molecule has 1 heterocycles. The van der Waals surface area contributed by atoms with Gasteiger partial charge in [-0.2, -0.15) is 0 Å². The molecule has 0 saturated carbocycles. The molecule has 4 nitrogen and oxygen atoms in total. The molecule has 0 bridgehead atoms. The van der Waals surface area contributed by atoms with Gasteiger partial charge in [0.05, 0.1) is 12.5 Å². The molecule has 0 N–H and O–H groups in total. The van der Waals surface area contributed by atoms with E-state index in [1.807, 2.05) is 29.2 Å². The molecular weight excluding hydrogens is 418 g/mol. The number of amides is 1. The molecule has 1 aromatic carbocycles. The maximum Gasteiger partial charge on any atom is 0.309 e. The van der Waals surface area contributed by atoms with Crippen LogP contribution in [0.5, 0.6) is 0 Å². The highest BCUT2D eigenvalue weighted by molar-refractivity contribution is 9.10. The van der Waals surface area contributed by atoms with Crippen LogP contribution in [-0.4, -0.2) is 36.5 Å². The van der Waals surface area contributed by atoms with Crippen LogP contribution in [0.2, 0.25) is 0 Å². The number of unbranched alkanes of at least 4 members (excludes halogenated alkanes) is 7. The van der Waals surface area contributed by atoms with Gasteiger partial charge in [0, 0.05) is 23.1 Å². The summed E-state index contributed by atoms with van der Waals surface area (Å²) in [6, 6.07) is 7.45. The summed E-state index contributed by atoms with van der Waals surface area (Å²) in [7, 11) is 0. The number of esters is 1. The van der Waals surface area contributed by atoms with E-state index < -0.39 is 0 Å². The highest BCUT2D eigenvalue weighted by atomic mass is 79.9. The fraction of sp³-hybridized carbons (Fsp3) is 0.652. The molecule has 156 valence electrons. The number of benzene rings is 1. The lowest BCUT2D eigenvalue weighted by molar-refractivity contribution is -0.150. The van der Waals surface area contributed by atoms with E-state index in [2.05, 4.69) is 22.9 Å². The Morgan fingerprint density at radius 3 is 2.32 bits per heavy atom. The van der Waals surface area contributed by atoms with E-state index in [1.165, 1.54) is 38.5 Å². The van der Waals surface area contributed by atoms with Crippen molar-refractivity contribution < 1.29 is 14.3 Å². The molecule has 5 heteroatoms. The van der Waals surface area contributed by atoms with Gasteiger partial charge in [0.25, 0.3) is 5.91 Å². The quantitative estimate of drug-likeness (QED) is 0.306. The third-order valence-electron chi connectivity index (χ3n) is 5.43. The summed E-state index contributed by atoms with van der Waals surface area (Å²) >= 11 is 3.40. The summed E-state index contributed by atoms with van der Waals surface area (Å²) in [5.74, 6) is -0.120. The van der Waals surface area contributed by atoms with Gasteiger partial charge in [0.1, 0.15) is 0 Å². The summed E-state index contributed by atoms with van der Waals surface area (Å²) in [6.07, 6.45) is 11.3. The number of likely N-dealkylation sites (tertiary alicyclic amines) is 1. The van der Waals surface area contributed by atoms with Crippen molar-refractivity contribution in [3.63, 3.8) is 0 Å². The first kappa shape index (κ1) is 22.9. The van der Waals surface area contributed by atoms with Gasteiger partial charge in [-0.05, 0) is 37.5 Å². The monoisotopic (exact) mass is 451 g/mol. The zero-order valence-electron chi connectivity index (χ0n) is 17.1. The lowest BCUT2D eigenvalue weighted by atomic mass is 9.96. The molecule has 1 aliphatic heterocycles. The zero-order valence-corrected chi connectivity index (χ0v) is 18.7. The predicted octanol–water partition coefficient (Wildman–Crippen LogP) is 5.99. The second-order valence-corrected chi connectivity index (χ2v) is 8.63. The molecule has 0 aliphatic carbocycles. The van der Waals surface area contributed by atoms with Crippen molar-refractivity contribution >= 4 is 27.8 Å². The second-order valence-electron chi connectivity index (χ2n) is 7.72. The van der Waals surface area contributed by atoms with Crippen molar-refractivity contribution in [2.75, 3.05) is 19.7 Å². The van der Waals surface area contributed by atoms with Crippen molar-refractivity contribution in [2.24, 2.45) is 5.92 Å². The molecular formula is C23H34BrNO3. The van der Waals surface area contributed by atoms with E-state index in [1.54, 1.807) is 0 Å². The summed E-state index contributed by atoms with van der Waals surface area (Å²) in [5.41, 5.74) is 0.685. The minimum Gasteiger partial charge on any atom is -0.465 e. The highest BCUT2D eigenvalue weighted by Crippen LogP contribution is 2.21. The van der Waals surface area contributed by atoms with Crippen LogP contribution in [0.1, 0.15) is 81.5 Å². The number of carbonyl (C=O) groups excluding carboxylic acids is 2. The Kier molecular flexibility index (Phi) is 10.6. The molecule has 1 saturated heterocycles. The van der Waals surface area contributed by atoms with Crippen LogP contribution in [0.4, 0.5) is 0 Å². The van der Waals surface area contributed by atoms with Crippen molar-refractivity contribution in [2.45, 2.75) is 71.1 Å². The van der Waals surface area contributed by atoms with Crippen molar-refractivity contribution in [3.05, 3.63) is 34.3 Å². The average Bonchev–Trinajstić information content (AvgIpc) is 2.72. The first-order chi connectivity index (χ1) is 13.6. The summed E-state index contributed by atoms with van der Waals surface area (Å²) in [5, 5.41) is 0. The Hall–Kier alpha value is -1.36. The molecule has 0 aromatic heterocycles. The third kappa shape index (κ3) is 7.94. The molecule has 0 atom stereocenters. The zero-order chi connectivity index (χ0) is 20.2. The molecule has 1 fully saturated rings. The van der Waals surface area contributed by atoms with Crippen molar-refractivity contribution in [1.29, 1.82) is 0 Å². The van der Waals surface area contributed by atoms with Gasteiger partial charge in [0.2, 0.25) is 0 Å². The minimum atomic E-state index is -0.0856. The van der Waals surface area contributed by atoms with Crippen molar-refractivity contribution in [3.8, 4) is 0 Å². The van der Waals surface area contributed by atoms with E-state index in [4.69, 9.17) is 4.74 Å². The maximum atomic E-state index is 12.6. The number of ether oxygens (including phenoxy) is 1. The number of piperidine rings is 1. The molecule has 1 aliphatic rings. The van der Waals surface area contributed by atoms with E-state index in [0.717, 1.165) is 17.3 Å². The highest BCUT2D eigenvalue weighted by Gasteiger charge is 2.28. The fourth-order valence-corrected chi connectivity index (χ4v) is 4.05. The first-order valence-corrected chi connectivity index (χ1v) is 11.6. The predicted molar refractivity (Wildman–Crippen MR) is 116 cm³/mol. The van der Waals surface area contributed by atoms with Gasteiger partial charge in [-0.25, -0.2) is 0 Å². The Morgan fingerprint density at radius 2 is 1.68 bits per heavy atom. The van der Waals surface area contributed by atoms with Crippen LogP contribution in [0, 0.1) is 5.92 Å². The lowest BCUT2D eigenvalue weighted by Gasteiger charge is -2.31. The van der Waals surface area contributed by atoms with Crippen LogP contribution >= 0.6 is 15.9 Å². The second kappa shape index (κ2) is 13.0. The number of rotatable bonds is 11. The molecule has 1 amide bonds. The van der Waals surface area contributed by atoms with Crippen LogP contribution < -0.4 is 0 Å². The van der Waals surface area contributed by atoms with Gasteiger partial charge >= 0.3 is 5.97 Å². The van der Waals surface area contributed by atoms with Crippen LogP contribution in [0.25, 0.3) is 0 Å². The van der Waals surface area contributed by atoms with E-state index in [9.17, 15) is 9.59 Å². The molecule has 28 heavy (non-hydrogen) atoms. The minimum absolute atomic E-state index is 0.0343. The van der Waals surface area contributed by atoms with Crippen LogP contribution in [-0.2, 0) is 9.53 Å². The molecule has 0 spiro atoms. The van der Waals surface area contributed by atoms with E-state index >= 15 is 0 Å². The summed E-state index contributed by atoms with van der Waals surface area (Å²) < 4.78 is 6.37. The largest absolute Gasteiger partial charge is 0.465 e. The Labute approximate surface area is 178 Å². The van der Waals surface area contributed by atoms with Crippen LogP contribution in [0.3, 0.4) is 0 Å². The standard InChI is InChI=1S/C23H34BrNO3/c1-2-3-4-5-6-7-8-9-17-28-23(27)19-13-15-25(16-14-19)22(26)20-11-10-12-21(24)18-20/h10-12,18-19H,2-9,13-17H2,1H3. The Morgan fingerprint density at radius 1 is 1.04 bits per heavy atom. The SMILES string of the molecule is CCCCCCCCCCOC(=O)C1CCN(C(=O)c2cccc(Br)c2)CC1. The van der Waals surface area contributed by atoms with Gasteiger partial charge in [-0.15, -0.1) is 0 Å². The van der Waals surface area contributed by atoms with Crippen molar-refractivity contribution in [1.82, 2.24) is 4.90 Å². The smallest absolute Gasteiger partial charge is 0.309 e.